The quantitative estimate of drug-likeness (QED) is 0.612. The topological polar surface area (TPSA) is 49.8 Å². The third-order valence-corrected chi connectivity index (χ3v) is 1.80. The van der Waals surface area contributed by atoms with Crippen molar-refractivity contribution in [2.24, 2.45) is 0 Å². The Morgan fingerprint density at radius 3 is 2.62 bits per heavy atom. The average Bonchev–Trinajstić information content (AvgIpc) is 2.03. The molecular formula is C8H17NO3S. The summed E-state index contributed by atoms with van der Waals surface area (Å²) in [5.41, 5.74) is 0. The summed E-state index contributed by atoms with van der Waals surface area (Å²) < 4.78 is 4.74. The maximum Gasteiger partial charge on any atom is 0.234 e. The molecule has 0 aromatic rings. The van der Waals surface area contributed by atoms with Gasteiger partial charge in [-0.3, -0.25) is 4.79 Å². The van der Waals surface area contributed by atoms with Crippen molar-refractivity contribution >= 4 is 18.5 Å². The molecule has 0 radical (unpaired) electrons. The summed E-state index contributed by atoms with van der Waals surface area (Å²) in [5.74, 6) is -0.0986. The van der Waals surface area contributed by atoms with E-state index in [1.54, 1.807) is 14.0 Å². The van der Waals surface area contributed by atoms with Crippen LogP contribution in [0.2, 0.25) is 0 Å². The zero-order valence-corrected chi connectivity index (χ0v) is 9.12. The molecule has 0 aliphatic rings. The summed E-state index contributed by atoms with van der Waals surface area (Å²) >= 11 is 4.00. The van der Waals surface area contributed by atoms with Crippen molar-refractivity contribution in [1.82, 2.24) is 4.90 Å². The summed E-state index contributed by atoms with van der Waals surface area (Å²) in [7, 11) is 3.14. The van der Waals surface area contributed by atoms with Crippen molar-refractivity contribution in [2.75, 3.05) is 27.3 Å². The van der Waals surface area contributed by atoms with E-state index in [0.29, 0.717) is 0 Å². The number of nitrogens with zero attached hydrogens (tertiary/aromatic N) is 1. The van der Waals surface area contributed by atoms with Gasteiger partial charge in [-0.25, -0.2) is 0 Å². The van der Waals surface area contributed by atoms with Gasteiger partial charge in [0.05, 0.1) is 18.0 Å². The number of hydrogen-bond acceptors (Lipinski definition) is 4. The molecule has 4 nitrogen and oxygen atoms in total. The Labute approximate surface area is 84.3 Å². The van der Waals surface area contributed by atoms with Crippen molar-refractivity contribution in [3.8, 4) is 0 Å². The van der Waals surface area contributed by atoms with Crippen molar-refractivity contribution in [1.29, 1.82) is 0 Å². The smallest absolute Gasteiger partial charge is 0.234 e. The highest BCUT2D eigenvalue weighted by molar-refractivity contribution is 7.81. The van der Waals surface area contributed by atoms with Crippen molar-refractivity contribution in [2.45, 2.75) is 18.3 Å². The minimum Gasteiger partial charge on any atom is -0.389 e. The molecule has 0 heterocycles. The van der Waals surface area contributed by atoms with Crippen LogP contribution in [0.15, 0.2) is 0 Å². The lowest BCUT2D eigenvalue weighted by Crippen LogP contribution is -2.39. The van der Waals surface area contributed by atoms with Crippen LogP contribution >= 0.6 is 12.6 Å². The van der Waals surface area contributed by atoms with E-state index >= 15 is 0 Å². The SMILES string of the molecule is COCC(O)CN(C)C(=O)C(C)S. The zero-order chi connectivity index (χ0) is 10.4. The molecule has 2 unspecified atom stereocenters. The highest BCUT2D eigenvalue weighted by Crippen LogP contribution is 2.00. The van der Waals surface area contributed by atoms with Gasteiger partial charge >= 0.3 is 0 Å². The van der Waals surface area contributed by atoms with Gasteiger partial charge in [0.15, 0.2) is 0 Å². The standard InChI is InChI=1S/C8H17NO3S/c1-6(13)8(11)9(2)4-7(10)5-12-3/h6-7,10,13H,4-5H2,1-3H3. The number of rotatable bonds is 5. The third-order valence-electron chi connectivity index (χ3n) is 1.58. The fraction of sp³-hybridized carbons (Fsp3) is 0.875. The molecule has 0 aromatic carbocycles. The van der Waals surface area contributed by atoms with Gasteiger partial charge < -0.3 is 14.7 Å². The fourth-order valence-corrected chi connectivity index (χ4v) is 1.17. The first-order valence-electron chi connectivity index (χ1n) is 4.09. The average molecular weight is 207 g/mol. The van der Waals surface area contributed by atoms with Gasteiger partial charge in [-0.2, -0.15) is 12.6 Å². The van der Waals surface area contributed by atoms with Crippen LogP contribution < -0.4 is 0 Å². The van der Waals surface area contributed by atoms with Crippen LogP contribution in [-0.2, 0) is 9.53 Å². The molecule has 2 atom stereocenters. The molecule has 0 saturated heterocycles. The van der Waals surface area contributed by atoms with Crippen LogP contribution in [0.3, 0.4) is 0 Å². The lowest BCUT2D eigenvalue weighted by atomic mass is 10.3. The Morgan fingerprint density at radius 1 is 1.69 bits per heavy atom. The fourth-order valence-electron chi connectivity index (χ4n) is 0.970. The predicted octanol–water partition coefficient (Wildman–Crippen LogP) is -0.230. The number of aliphatic hydroxyl groups is 1. The lowest BCUT2D eigenvalue weighted by molar-refractivity contribution is -0.130. The maximum atomic E-state index is 11.3. The molecule has 1 amide bonds. The van der Waals surface area contributed by atoms with Gasteiger partial charge in [0, 0.05) is 20.7 Å². The number of ether oxygens (including phenoxy) is 1. The van der Waals surface area contributed by atoms with Crippen LogP contribution in [-0.4, -0.2) is 54.6 Å². The van der Waals surface area contributed by atoms with E-state index in [1.165, 1.54) is 12.0 Å². The summed E-state index contributed by atoms with van der Waals surface area (Å²) in [6.45, 7) is 2.21. The second-order valence-electron chi connectivity index (χ2n) is 3.00. The third kappa shape index (κ3) is 5.13. The maximum absolute atomic E-state index is 11.3. The molecule has 1 N–H and O–H groups in total. The molecule has 13 heavy (non-hydrogen) atoms. The van der Waals surface area contributed by atoms with Gasteiger partial charge in [-0.15, -0.1) is 0 Å². The molecule has 0 fully saturated rings. The summed E-state index contributed by atoms with van der Waals surface area (Å²) in [6, 6.07) is 0. The highest BCUT2D eigenvalue weighted by Gasteiger charge is 2.16. The Morgan fingerprint density at radius 2 is 2.23 bits per heavy atom. The minimum atomic E-state index is -0.633. The van der Waals surface area contributed by atoms with E-state index in [-0.39, 0.29) is 24.3 Å². The first-order chi connectivity index (χ1) is 5.99. The highest BCUT2D eigenvalue weighted by atomic mass is 32.1. The van der Waals surface area contributed by atoms with Crippen LogP contribution in [0.25, 0.3) is 0 Å². The van der Waals surface area contributed by atoms with Crippen molar-refractivity contribution in [3.63, 3.8) is 0 Å². The molecule has 0 aliphatic heterocycles. The number of aliphatic hydroxyl groups excluding tert-OH is 1. The second kappa shape index (κ2) is 6.23. The van der Waals surface area contributed by atoms with E-state index in [1.807, 2.05) is 0 Å². The molecule has 0 bridgehead atoms. The molecule has 0 spiro atoms. The van der Waals surface area contributed by atoms with Crippen LogP contribution in [0.1, 0.15) is 6.92 Å². The molecule has 0 saturated carbocycles. The van der Waals surface area contributed by atoms with Crippen molar-refractivity contribution < 1.29 is 14.6 Å². The number of thiol groups is 1. The second-order valence-corrected chi connectivity index (χ2v) is 3.78. The van der Waals surface area contributed by atoms with Gasteiger partial charge in [-0.05, 0) is 6.92 Å². The number of carbonyl (C=O) groups is 1. The first kappa shape index (κ1) is 12.7. The Balaban J connectivity index is 3.85. The van der Waals surface area contributed by atoms with E-state index in [9.17, 15) is 9.90 Å². The normalized spacial score (nSPS) is 15.2. The van der Waals surface area contributed by atoms with Gasteiger partial charge in [0.2, 0.25) is 5.91 Å². The molecular weight excluding hydrogens is 190 g/mol. The Bertz CT molecular complexity index is 163. The van der Waals surface area contributed by atoms with Gasteiger partial charge in [0.25, 0.3) is 0 Å². The van der Waals surface area contributed by atoms with E-state index in [2.05, 4.69) is 12.6 Å². The van der Waals surface area contributed by atoms with Crippen LogP contribution in [0, 0.1) is 0 Å². The molecule has 0 aliphatic carbocycles. The minimum absolute atomic E-state index is 0.0986. The summed E-state index contributed by atoms with van der Waals surface area (Å²) in [5, 5.41) is 8.97. The summed E-state index contributed by atoms with van der Waals surface area (Å²) in [4.78, 5) is 12.7. The van der Waals surface area contributed by atoms with Gasteiger partial charge in [0.1, 0.15) is 0 Å². The number of likely N-dealkylation sites (N-methyl/N-ethyl adjacent to an activating group) is 1. The summed E-state index contributed by atoms with van der Waals surface area (Å²) in [6.07, 6.45) is -0.633. The van der Waals surface area contributed by atoms with Crippen LogP contribution in [0.5, 0.6) is 0 Å². The zero-order valence-electron chi connectivity index (χ0n) is 8.23. The number of carbonyl (C=O) groups excluding carboxylic acids is 1. The van der Waals surface area contributed by atoms with E-state index in [0.717, 1.165) is 0 Å². The first-order valence-corrected chi connectivity index (χ1v) is 4.60. The number of hydrogen-bond donors (Lipinski definition) is 2. The van der Waals surface area contributed by atoms with E-state index in [4.69, 9.17) is 4.74 Å². The van der Waals surface area contributed by atoms with Gasteiger partial charge in [-0.1, -0.05) is 0 Å². The Hall–Kier alpha value is -0.260. The van der Waals surface area contributed by atoms with E-state index < -0.39 is 6.10 Å². The number of amides is 1. The molecule has 78 valence electrons. The number of methoxy groups -OCH3 is 1. The Kier molecular flexibility index (Phi) is 6.11. The molecule has 0 rings (SSSR count). The lowest BCUT2D eigenvalue weighted by Gasteiger charge is -2.21. The van der Waals surface area contributed by atoms with Crippen LogP contribution in [0.4, 0.5) is 0 Å². The van der Waals surface area contributed by atoms with Crippen molar-refractivity contribution in [3.05, 3.63) is 0 Å². The largest absolute Gasteiger partial charge is 0.389 e. The molecule has 5 heteroatoms. The monoisotopic (exact) mass is 207 g/mol. The molecule has 0 aromatic heterocycles. The predicted molar refractivity (Wildman–Crippen MR) is 54.0 cm³/mol.